The Labute approximate surface area is 153 Å². The molecule has 1 unspecified atom stereocenters. The molecule has 2 rings (SSSR count). The Kier molecular flexibility index (Phi) is 6.40. The minimum absolute atomic E-state index is 0.0619. The maximum Gasteiger partial charge on any atom is 0.355 e. The van der Waals surface area contributed by atoms with Crippen LogP contribution in [0.1, 0.15) is 39.7 Å². The van der Waals surface area contributed by atoms with E-state index in [0.717, 1.165) is 11.3 Å². The lowest BCUT2D eigenvalue weighted by atomic mass is 10.0. The molecule has 138 valence electrons. The molecule has 1 atom stereocenters. The number of carbonyl (C=O) groups excluding carboxylic acids is 2. The van der Waals surface area contributed by atoms with Gasteiger partial charge in [0.1, 0.15) is 16.9 Å². The van der Waals surface area contributed by atoms with Crippen LogP contribution < -0.4 is 10.6 Å². The van der Waals surface area contributed by atoms with Crippen LogP contribution in [0.3, 0.4) is 0 Å². The average Bonchev–Trinajstić information content (AvgIpc) is 3.07. The summed E-state index contributed by atoms with van der Waals surface area (Å²) >= 11 is 1.12. The molecule has 0 radical (unpaired) electrons. The van der Waals surface area contributed by atoms with Crippen LogP contribution in [-0.4, -0.2) is 33.9 Å². The van der Waals surface area contributed by atoms with Crippen molar-refractivity contribution in [1.29, 1.82) is 0 Å². The van der Waals surface area contributed by atoms with E-state index < -0.39 is 29.6 Å². The molecule has 0 bridgehead atoms. The number of carboxylic acids is 1. The summed E-state index contributed by atoms with van der Waals surface area (Å²) in [4.78, 5) is 39.3. The lowest BCUT2D eigenvalue weighted by Gasteiger charge is -2.21. The first-order valence-electron chi connectivity index (χ1n) is 7.79. The fraction of sp³-hybridized carbons (Fsp3) is 0.294. The van der Waals surface area contributed by atoms with Gasteiger partial charge in [-0.3, -0.25) is 9.59 Å². The molecule has 9 heteroatoms. The van der Waals surface area contributed by atoms with Crippen molar-refractivity contribution >= 4 is 29.1 Å². The number of hydrogen-bond acceptors (Lipinski definition) is 5. The van der Waals surface area contributed by atoms with Gasteiger partial charge < -0.3 is 15.7 Å². The molecule has 2 aromatic rings. The SMILES string of the molecule is CC(C)C(NC(=O)c1ccc(F)cc1)C(=O)NCc1nc(C(=O)O)cs1. The van der Waals surface area contributed by atoms with Gasteiger partial charge in [-0.25, -0.2) is 14.2 Å². The highest BCUT2D eigenvalue weighted by Crippen LogP contribution is 2.11. The topological polar surface area (TPSA) is 108 Å². The third kappa shape index (κ3) is 5.09. The summed E-state index contributed by atoms with van der Waals surface area (Å²) in [5, 5.41) is 16.0. The summed E-state index contributed by atoms with van der Waals surface area (Å²) in [6.07, 6.45) is 0. The predicted molar refractivity (Wildman–Crippen MR) is 93.4 cm³/mol. The number of rotatable bonds is 7. The van der Waals surface area contributed by atoms with Crippen molar-refractivity contribution in [2.24, 2.45) is 5.92 Å². The summed E-state index contributed by atoms with van der Waals surface area (Å²) < 4.78 is 12.9. The molecule has 1 aromatic heterocycles. The van der Waals surface area contributed by atoms with Gasteiger partial charge in [0.05, 0.1) is 6.54 Å². The van der Waals surface area contributed by atoms with E-state index in [-0.39, 0.29) is 23.7 Å². The Bertz CT molecular complexity index is 805. The number of hydrogen-bond donors (Lipinski definition) is 3. The van der Waals surface area contributed by atoms with Gasteiger partial charge in [0.15, 0.2) is 5.69 Å². The van der Waals surface area contributed by atoms with Crippen molar-refractivity contribution in [3.8, 4) is 0 Å². The number of benzene rings is 1. The van der Waals surface area contributed by atoms with E-state index in [1.165, 1.54) is 29.6 Å². The summed E-state index contributed by atoms with van der Waals surface area (Å²) in [7, 11) is 0. The molecule has 26 heavy (non-hydrogen) atoms. The first kappa shape index (κ1) is 19.5. The lowest BCUT2D eigenvalue weighted by molar-refractivity contribution is -0.124. The molecular formula is C17H18FN3O4S. The molecule has 0 aliphatic carbocycles. The second-order valence-corrected chi connectivity index (χ2v) is 6.79. The number of halogens is 1. The van der Waals surface area contributed by atoms with Gasteiger partial charge in [0.2, 0.25) is 5.91 Å². The summed E-state index contributed by atoms with van der Waals surface area (Å²) in [5.74, 6) is -2.68. The van der Waals surface area contributed by atoms with E-state index in [9.17, 15) is 18.8 Å². The van der Waals surface area contributed by atoms with E-state index in [1.807, 2.05) is 0 Å². The van der Waals surface area contributed by atoms with E-state index >= 15 is 0 Å². The molecule has 0 saturated carbocycles. The normalized spacial score (nSPS) is 11.8. The van der Waals surface area contributed by atoms with Crippen LogP contribution >= 0.6 is 11.3 Å². The van der Waals surface area contributed by atoms with Crippen LogP contribution in [0.2, 0.25) is 0 Å². The Morgan fingerprint density at radius 1 is 1.23 bits per heavy atom. The Hall–Kier alpha value is -2.81. The molecular weight excluding hydrogens is 361 g/mol. The van der Waals surface area contributed by atoms with Crippen LogP contribution in [-0.2, 0) is 11.3 Å². The van der Waals surface area contributed by atoms with Crippen LogP contribution in [0.5, 0.6) is 0 Å². The van der Waals surface area contributed by atoms with E-state index in [4.69, 9.17) is 5.11 Å². The number of thiazole rings is 1. The zero-order valence-electron chi connectivity index (χ0n) is 14.2. The van der Waals surface area contributed by atoms with Gasteiger partial charge in [0, 0.05) is 10.9 Å². The van der Waals surface area contributed by atoms with Crippen molar-refractivity contribution < 1.29 is 23.9 Å². The minimum atomic E-state index is -1.13. The zero-order chi connectivity index (χ0) is 19.3. The van der Waals surface area contributed by atoms with Crippen molar-refractivity contribution in [3.05, 3.63) is 51.7 Å². The van der Waals surface area contributed by atoms with Gasteiger partial charge >= 0.3 is 5.97 Å². The summed E-state index contributed by atoms with van der Waals surface area (Å²) in [6, 6.07) is 4.21. The van der Waals surface area contributed by atoms with Gasteiger partial charge in [-0.1, -0.05) is 13.8 Å². The Morgan fingerprint density at radius 2 is 1.88 bits per heavy atom. The average molecular weight is 379 g/mol. The zero-order valence-corrected chi connectivity index (χ0v) is 15.0. The number of nitrogens with zero attached hydrogens (tertiary/aromatic N) is 1. The second kappa shape index (κ2) is 8.52. The smallest absolute Gasteiger partial charge is 0.355 e. The molecule has 0 spiro atoms. The molecule has 0 fully saturated rings. The highest BCUT2D eigenvalue weighted by Gasteiger charge is 2.24. The molecule has 0 aliphatic heterocycles. The van der Waals surface area contributed by atoms with Crippen LogP contribution in [0.4, 0.5) is 4.39 Å². The highest BCUT2D eigenvalue weighted by molar-refractivity contribution is 7.09. The number of carbonyl (C=O) groups is 3. The third-order valence-electron chi connectivity index (χ3n) is 3.53. The molecule has 3 N–H and O–H groups in total. The molecule has 1 heterocycles. The van der Waals surface area contributed by atoms with Gasteiger partial charge in [-0.05, 0) is 30.2 Å². The first-order chi connectivity index (χ1) is 12.3. The molecule has 2 amide bonds. The van der Waals surface area contributed by atoms with E-state index in [2.05, 4.69) is 15.6 Å². The van der Waals surface area contributed by atoms with Gasteiger partial charge in [0.25, 0.3) is 5.91 Å². The van der Waals surface area contributed by atoms with E-state index in [0.29, 0.717) is 5.01 Å². The maximum atomic E-state index is 12.9. The largest absolute Gasteiger partial charge is 0.476 e. The van der Waals surface area contributed by atoms with Crippen molar-refractivity contribution in [3.63, 3.8) is 0 Å². The fourth-order valence-corrected chi connectivity index (χ4v) is 2.83. The number of amides is 2. The van der Waals surface area contributed by atoms with Crippen molar-refractivity contribution in [1.82, 2.24) is 15.6 Å². The van der Waals surface area contributed by atoms with E-state index in [1.54, 1.807) is 13.8 Å². The third-order valence-corrected chi connectivity index (χ3v) is 4.38. The molecule has 1 aromatic carbocycles. The number of nitrogens with one attached hydrogen (secondary N) is 2. The number of carboxylic acid groups (broad SMARTS) is 1. The standard InChI is InChI=1S/C17H18FN3O4S/c1-9(2)14(21-15(22)10-3-5-11(18)6-4-10)16(23)19-7-13-20-12(8-26-13)17(24)25/h3-6,8-9,14H,7H2,1-2H3,(H,19,23)(H,21,22)(H,24,25). The quantitative estimate of drug-likeness (QED) is 0.682. The monoisotopic (exact) mass is 379 g/mol. The summed E-state index contributed by atoms with van der Waals surface area (Å²) in [6.45, 7) is 3.62. The van der Waals surface area contributed by atoms with Crippen LogP contribution in [0.25, 0.3) is 0 Å². The fourth-order valence-electron chi connectivity index (χ4n) is 2.12. The minimum Gasteiger partial charge on any atom is -0.476 e. The molecule has 7 nitrogen and oxygen atoms in total. The molecule has 0 aliphatic rings. The number of aromatic carboxylic acids is 1. The van der Waals surface area contributed by atoms with Gasteiger partial charge in [-0.15, -0.1) is 11.3 Å². The van der Waals surface area contributed by atoms with Crippen molar-refractivity contribution in [2.45, 2.75) is 26.4 Å². The van der Waals surface area contributed by atoms with Gasteiger partial charge in [-0.2, -0.15) is 0 Å². The Morgan fingerprint density at radius 3 is 2.42 bits per heavy atom. The van der Waals surface area contributed by atoms with Crippen LogP contribution in [0.15, 0.2) is 29.6 Å². The van der Waals surface area contributed by atoms with Crippen LogP contribution in [0, 0.1) is 11.7 Å². The summed E-state index contributed by atoms with van der Waals surface area (Å²) in [5.41, 5.74) is 0.167. The second-order valence-electron chi connectivity index (χ2n) is 5.85. The molecule has 0 saturated heterocycles. The van der Waals surface area contributed by atoms with Crippen molar-refractivity contribution in [2.75, 3.05) is 0 Å². The maximum absolute atomic E-state index is 12.9. The predicted octanol–water partition coefficient (Wildman–Crippen LogP) is 2.05. The first-order valence-corrected chi connectivity index (χ1v) is 8.67. The lowest BCUT2D eigenvalue weighted by Crippen LogP contribution is -2.49. The number of aromatic nitrogens is 1. The Balaban J connectivity index is 1.98. The highest BCUT2D eigenvalue weighted by atomic mass is 32.1.